The zero-order valence-electron chi connectivity index (χ0n) is 21.3. The number of anilines is 2. The van der Waals surface area contributed by atoms with Crippen molar-refractivity contribution in [3.8, 4) is 5.82 Å². The van der Waals surface area contributed by atoms with Crippen LogP contribution < -0.4 is 15.5 Å². The molecule has 0 bridgehead atoms. The molecular formula is C26H26F2N6O4S. The number of nitrogens with one attached hydrogen (secondary N) is 2. The number of pyridine rings is 1. The first-order valence-electron chi connectivity index (χ1n) is 12.4. The molecule has 1 fully saturated rings. The Labute approximate surface area is 223 Å². The average molecular weight is 557 g/mol. The molecule has 1 atom stereocenters. The number of aromatic nitrogens is 3. The van der Waals surface area contributed by atoms with E-state index in [4.69, 9.17) is 0 Å². The molecule has 6 rings (SSSR count). The molecule has 2 amide bonds. The molecule has 10 nitrogen and oxygen atoms in total. The van der Waals surface area contributed by atoms with Crippen LogP contribution in [0.25, 0.3) is 5.82 Å². The lowest BCUT2D eigenvalue weighted by atomic mass is 9.82. The van der Waals surface area contributed by atoms with Crippen molar-refractivity contribution < 1.29 is 26.8 Å². The number of amides is 2. The molecule has 4 heterocycles. The third kappa shape index (κ3) is 4.54. The van der Waals surface area contributed by atoms with Gasteiger partial charge < -0.3 is 15.5 Å². The van der Waals surface area contributed by atoms with Crippen LogP contribution in [0.5, 0.6) is 0 Å². The van der Waals surface area contributed by atoms with E-state index in [1.165, 1.54) is 4.68 Å². The van der Waals surface area contributed by atoms with E-state index in [1.54, 1.807) is 23.2 Å². The normalized spacial score (nSPS) is 21.2. The van der Waals surface area contributed by atoms with Crippen LogP contribution in [0.2, 0.25) is 0 Å². The molecule has 3 aliphatic rings. The maximum Gasteiger partial charge on any atom is 0.282 e. The van der Waals surface area contributed by atoms with Gasteiger partial charge in [0.2, 0.25) is 5.91 Å². The van der Waals surface area contributed by atoms with Crippen molar-refractivity contribution in [1.82, 2.24) is 20.1 Å². The van der Waals surface area contributed by atoms with E-state index in [-0.39, 0.29) is 24.5 Å². The molecule has 1 aliphatic carbocycles. The smallest absolute Gasteiger partial charge is 0.282 e. The molecule has 39 heavy (non-hydrogen) atoms. The highest BCUT2D eigenvalue weighted by Crippen LogP contribution is 2.45. The van der Waals surface area contributed by atoms with Crippen LogP contribution in [-0.2, 0) is 33.0 Å². The molecule has 204 valence electrons. The van der Waals surface area contributed by atoms with Gasteiger partial charge in [-0.2, -0.15) is 9.78 Å². The number of halogens is 2. The van der Waals surface area contributed by atoms with Gasteiger partial charge in [0.15, 0.2) is 21.5 Å². The molecule has 2 N–H and O–H groups in total. The minimum atomic E-state index is -3.61. The van der Waals surface area contributed by atoms with Crippen LogP contribution in [0.4, 0.5) is 20.3 Å². The predicted octanol–water partition coefficient (Wildman–Crippen LogP) is 2.14. The highest BCUT2D eigenvalue weighted by Gasteiger charge is 2.48. The molecule has 1 spiro atoms. The van der Waals surface area contributed by atoms with Gasteiger partial charge in [0.1, 0.15) is 11.3 Å². The van der Waals surface area contributed by atoms with Crippen molar-refractivity contribution >= 4 is 33.2 Å². The number of rotatable bonds is 5. The van der Waals surface area contributed by atoms with Crippen LogP contribution >= 0.6 is 0 Å². The van der Waals surface area contributed by atoms with Gasteiger partial charge in [0.25, 0.3) is 11.8 Å². The molecule has 0 saturated carbocycles. The van der Waals surface area contributed by atoms with Gasteiger partial charge in [0.05, 0.1) is 24.3 Å². The topological polar surface area (TPSA) is 126 Å². The van der Waals surface area contributed by atoms with E-state index in [0.717, 1.165) is 28.6 Å². The molecule has 3 aromatic rings. The van der Waals surface area contributed by atoms with Crippen molar-refractivity contribution in [2.45, 2.75) is 37.6 Å². The number of alkyl halides is 2. The minimum absolute atomic E-state index is 0.0506. The summed E-state index contributed by atoms with van der Waals surface area (Å²) in [4.78, 5) is 32.2. The summed E-state index contributed by atoms with van der Waals surface area (Å²) in [5, 5.41) is 10.3. The van der Waals surface area contributed by atoms with Gasteiger partial charge in [-0.05, 0) is 54.7 Å². The molecule has 1 saturated heterocycles. The number of aryl methyl sites for hydroxylation is 2. The number of sulfone groups is 1. The third-order valence-electron chi connectivity index (χ3n) is 7.41. The Morgan fingerprint density at radius 3 is 2.64 bits per heavy atom. The fraction of sp³-hybridized carbons (Fsp3) is 0.385. The van der Waals surface area contributed by atoms with Crippen molar-refractivity contribution in [2.75, 3.05) is 35.3 Å². The Morgan fingerprint density at radius 2 is 1.97 bits per heavy atom. The number of carbonyl (C=O) groups is 2. The first-order valence-corrected chi connectivity index (χ1v) is 14.5. The quantitative estimate of drug-likeness (QED) is 0.493. The monoisotopic (exact) mass is 556 g/mol. The second-order valence-corrected chi connectivity index (χ2v) is 12.8. The van der Waals surface area contributed by atoms with Crippen LogP contribution in [0, 0.1) is 6.92 Å². The fourth-order valence-corrected chi connectivity index (χ4v) is 6.20. The number of fused-ring (bicyclic) bond motifs is 3. The highest BCUT2D eigenvalue weighted by atomic mass is 32.2. The molecule has 2 aliphatic heterocycles. The van der Waals surface area contributed by atoms with Gasteiger partial charge in [-0.3, -0.25) is 9.59 Å². The number of hydrogen-bond donors (Lipinski definition) is 2. The summed E-state index contributed by atoms with van der Waals surface area (Å²) in [5.41, 5.74) is 3.36. The minimum Gasteiger partial charge on any atom is -0.359 e. The van der Waals surface area contributed by atoms with E-state index in [9.17, 15) is 26.8 Å². The van der Waals surface area contributed by atoms with E-state index in [1.807, 2.05) is 25.1 Å². The highest BCUT2D eigenvalue weighted by molar-refractivity contribution is 7.91. The van der Waals surface area contributed by atoms with Crippen molar-refractivity contribution in [3.05, 3.63) is 64.5 Å². The summed E-state index contributed by atoms with van der Waals surface area (Å²) in [7, 11) is -3.61. The maximum absolute atomic E-state index is 13.6. The van der Waals surface area contributed by atoms with Crippen molar-refractivity contribution in [2.24, 2.45) is 0 Å². The van der Waals surface area contributed by atoms with E-state index in [2.05, 4.69) is 20.7 Å². The van der Waals surface area contributed by atoms with Gasteiger partial charge in [0, 0.05) is 24.6 Å². The Kier molecular flexibility index (Phi) is 5.58. The number of hydrogen-bond acceptors (Lipinski definition) is 7. The second-order valence-electron chi connectivity index (χ2n) is 10.7. The maximum atomic E-state index is 13.6. The van der Waals surface area contributed by atoms with Gasteiger partial charge in [-0.15, -0.1) is 0 Å². The Hall–Kier alpha value is -3.87. The largest absolute Gasteiger partial charge is 0.359 e. The van der Waals surface area contributed by atoms with E-state index < -0.39 is 38.9 Å². The summed E-state index contributed by atoms with van der Waals surface area (Å²) in [5.74, 6) is -4.27. The summed E-state index contributed by atoms with van der Waals surface area (Å²) in [6.45, 7) is 1.25. The summed E-state index contributed by atoms with van der Waals surface area (Å²) < 4.78 is 51.6. The molecule has 13 heteroatoms. The second kappa shape index (κ2) is 8.57. The summed E-state index contributed by atoms with van der Waals surface area (Å²) >= 11 is 0. The first-order chi connectivity index (χ1) is 18.3. The zero-order valence-corrected chi connectivity index (χ0v) is 22.1. The Balaban J connectivity index is 1.37. The molecule has 0 radical (unpaired) electrons. The Bertz CT molecular complexity index is 1630. The lowest BCUT2D eigenvalue weighted by molar-refractivity contribution is -0.113. The van der Waals surface area contributed by atoms with Crippen LogP contribution in [-0.4, -0.2) is 66.0 Å². The summed E-state index contributed by atoms with van der Waals surface area (Å²) in [6, 6.07) is 9.10. The lowest BCUT2D eigenvalue weighted by Crippen LogP contribution is -2.56. The summed E-state index contributed by atoms with van der Waals surface area (Å²) in [6.07, 6.45) is 4.15. The van der Waals surface area contributed by atoms with Crippen LogP contribution in [0.15, 0.2) is 36.5 Å². The fourth-order valence-electron chi connectivity index (χ4n) is 5.65. The number of nitrogens with zero attached hydrogens (tertiary/aromatic N) is 4. The molecular weight excluding hydrogens is 530 g/mol. The van der Waals surface area contributed by atoms with Gasteiger partial charge in [-0.1, -0.05) is 12.1 Å². The van der Waals surface area contributed by atoms with Gasteiger partial charge >= 0.3 is 0 Å². The van der Waals surface area contributed by atoms with E-state index >= 15 is 0 Å². The first kappa shape index (κ1) is 25.4. The molecule has 0 unspecified atom stereocenters. The van der Waals surface area contributed by atoms with Crippen molar-refractivity contribution in [3.63, 3.8) is 0 Å². The van der Waals surface area contributed by atoms with Crippen LogP contribution in [0.3, 0.4) is 0 Å². The molecule has 1 aromatic carbocycles. The lowest BCUT2D eigenvalue weighted by Gasteiger charge is -2.41. The SMILES string of the molecule is Cc1ccc(-n2nc3c(c2NC(=O)CS(C)(=O)=O)C(=O)N[C@@]2(CCc4cc(N5CC(F)(F)C5)ccc42)C3)nc1. The zero-order chi connectivity index (χ0) is 27.7. The molecule has 2 aromatic heterocycles. The third-order valence-corrected chi connectivity index (χ3v) is 8.19. The van der Waals surface area contributed by atoms with Gasteiger partial charge in [-0.25, -0.2) is 22.2 Å². The van der Waals surface area contributed by atoms with E-state index in [0.29, 0.717) is 30.8 Å². The number of carbonyl (C=O) groups excluding carboxylic acids is 2. The standard InChI is InChI=1S/C26H26F2N6O4S/c1-15-3-6-20(29-11-15)34-23(30-21(35)12-39(2,37)38)22-19(32-34)10-25(31-24(22)36)8-7-16-9-17(4-5-18(16)25)33-13-26(27,28)14-33/h3-6,9,11H,7-8,10,12-14H2,1-2H3,(H,30,35)(H,31,36)/t25-/m0/s1. The van der Waals surface area contributed by atoms with Crippen LogP contribution in [0.1, 0.15) is 39.2 Å². The predicted molar refractivity (Wildman–Crippen MR) is 139 cm³/mol. The Morgan fingerprint density at radius 1 is 1.21 bits per heavy atom. The van der Waals surface area contributed by atoms with Crippen molar-refractivity contribution in [1.29, 1.82) is 0 Å². The average Bonchev–Trinajstić information content (AvgIpc) is 3.35. The number of benzene rings is 1.